The number of carbonyl (C=O) groups excluding carboxylic acids is 2. The van der Waals surface area contributed by atoms with E-state index in [0.29, 0.717) is 17.1 Å². The van der Waals surface area contributed by atoms with Gasteiger partial charge in [0, 0.05) is 17.9 Å². The van der Waals surface area contributed by atoms with Crippen LogP contribution in [0.15, 0.2) is 18.2 Å². The highest BCUT2D eigenvalue weighted by molar-refractivity contribution is 6.21. The molecule has 2 amide bonds. The highest BCUT2D eigenvalue weighted by Crippen LogP contribution is 2.34. The smallest absolute Gasteiger partial charge is 0.237 e. The lowest BCUT2D eigenvalue weighted by molar-refractivity contribution is -0.122. The first-order chi connectivity index (χ1) is 8.47. The van der Waals surface area contributed by atoms with Crippen LogP contribution >= 0.6 is 0 Å². The van der Waals surface area contributed by atoms with Crippen molar-refractivity contribution in [1.29, 1.82) is 0 Å². The van der Waals surface area contributed by atoms with Gasteiger partial charge >= 0.3 is 0 Å². The molecule has 1 heterocycles. The summed E-state index contributed by atoms with van der Waals surface area (Å²) >= 11 is 0. The molecule has 0 spiro atoms. The molecular weight excluding hydrogens is 232 g/mol. The lowest BCUT2D eigenvalue weighted by atomic mass is 10.00. The van der Waals surface area contributed by atoms with Gasteiger partial charge in [0.25, 0.3) is 0 Å². The molecule has 0 aliphatic carbocycles. The Kier molecular flexibility index (Phi) is 2.98. The van der Waals surface area contributed by atoms with Crippen LogP contribution in [-0.2, 0) is 9.59 Å². The Balaban J connectivity index is 2.43. The van der Waals surface area contributed by atoms with Crippen molar-refractivity contribution in [3.63, 3.8) is 0 Å². The average Bonchev–Trinajstić information content (AvgIpc) is 2.55. The van der Waals surface area contributed by atoms with Crippen LogP contribution in [-0.4, -0.2) is 18.9 Å². The predicted octanol–water partition coefficient (Wildman–Crippen LogP) is 1.42. The Morgan fingerprint density at radius 1 is 1.17 bits per heavy atom. The van der Waals surface area contributed by atoms with Crippen LogP contribution in [0.1, 0.15) is 13.8 Å². The number of methoxy groups -OCH3 is 1. The summed E-state index contributed by atoms with van der Waals surface area (Å²) in [6.45, 7) is 3.53. The lowest BCUT2D eigenvalue weighted by Gasteiger charge is -2.16. The number of ether oxygens (including phenoxy) is 1. The van der Waals surface area contributed by atoms with E-state index in [1.807, 2.05) is 0 Å². The molecule has 2 atom stereocenters. The van der Waals surface area contributed by atoms with E-state index in [0.717, 1.165) is 0 Å². The molecule has 1 aromatic rings. The highest BCUT2D eigenvalue weighted by atomic mass is 16.5. The van der Waals surface area contributed by atoms with E-state index in [1.54, 1.807) is 32.0 Å². The maximum absolute atomic E-state index is 12.0. The van der Waals surface area contributed by atoms with E-state index >= 15 is 0 Å². The van der Waals surface area contributed by atoms with Gasteiger partial charge in [0.2, 0.25) is 11.8 Å². The number of rotatable bonds is 2. The molecule has 5 nitrogen and oxygen atoms in total. The van der Waals surface area contributed by atoms with E-state index in [9.17, 15) is 9.59 Å². The molecular formula is C13H16N2O3. The first-order valence-electron chi connectivity index (χ1n) is 5.78. The summed E-state index contributed by atoms with van der Waals surface area (Å²) in [7, 11) is 1.49. The van der Waals surface area contributed by atoms with Gasteiger partial charge in [-0.2, -0.15) is 0 Å². The first-order valence-corrected chi connectivity index (χ1v) is 5.78. The quantitative estimate of drug-likeness (QED) is 0.634. The van der Waals surface area contributed by atoms with Crippen LogP contribution in [0.25, 0.3) is 0 Å². The molecule has 2 rings (SSSR count). The van der Waals surface area contributed by atoms with E-state index in [4.69, 9.17) is 10.5 Å². The van der Waals surface area contributed by atoms with E-state index in [1.165, 1.54) is 12.0 Å². The normalized spacial score (nSPS) is 23.6. The molecule has 1 aromatic carbocycles. The molecule has 0 radical (unpaired) electrons. The third-order valence-electron chi connectivity index (χ3n) is 3.45. The van der Waals surface area contributed by atoms with Crippen LogP contribution in [0.2, 0.25) is 0 Å². The molecule has 1 aliphatic rings. The van der Waals surface area contributed by atoms with Crippen molar-refractivity contribution in [2.24, 2.45) is 11.8 Å². The number of amides is 2. The minimum Gasteiger partial charge on any atom is -0.495 e. The Morgan fingerprint density at radius 3 is 2.22 bits per heavy atom. The third kappa shape index (κ3) is 1.72. The van der Waals surface area contributed by atoms with Crippen LogP contribution in [0.5, 0.6) is 5.75 Å². The summed E-state index contributed by atoms with van der Waals surface area (Å²) in [6, 6.07) is 4.89. The van der Waals surface area contributed by atoms with Gasteiger partial charge in [-0.1, -0.05) is 13.8 Å². The molecule has 2 unspecified atom stereocenters. The standard InChI is InChI=1S/C13H16N2O3/c1-7-8(2)13(17)15(12(7)16)9-4-5-10(14)11(6-9)18-3/h4-8H,14H2,1-3H3. The van der Waals surface area contributed by atoms with Gasteiger partial charge in [-0.05, 0) is 12.1 Å². The maximum atomic E-state index is 12.0. The average molecular weight is 248 g/mol. The summed E-state index contributed by atoms with van der Waals surface area (Å²) in [5.74, 6) is -0.485. The number of anilines is 2. The van der Waals surface area contributed by atoms with Crippen molar-refractivity contribution in [1.82, 2.24) is 0 Å². The number of carbonyl (C=O) groups is 2. The Bertz CT molecular complexity index is 493. The van der Waals surface area contributed by atoms with Gasteiger partial charge in [0.1, 0.15) is 5.75 Å². The molecule has 2 N–H and O–H groups in total. The van der Waals surface area contributed by atoms with Crippen LogP contribution in [0, 0.1) is 11.8 Å². The number of nitrogen functional groups attached to an aromatic ring is 1. The molecule has 96 valence electrons. The number of benzene rings is 1. The van der Waals surface area contributed by atoms with Crippen LogP contribution in [0.4, 0.5) is 11.4 Å². The monoisotopic (exact) mass is 248 g/mol. The van der Waals surface area contributed by atoms with Gasteiger partial charge in [-0.3, -0.25) is 9.59 Å². The molecule has 18 heavy (non-hydrogen) atoms. The van der Waals surface area contributed by atoms with E-state index in [2.05, 4.69) is 0 Å². The zero-order valence-corrected chi connectivity index (χ0v) is 10.6. The minimum atomic E-state index is -0.291. The molecule has 1 fully saturated rings. The summed E-state index contributed by atoms with van der Waals surface area (Å²) in [4.78, 5) is 25.3. The second kappa shape index (κ2) is 4.33. The summed E-state index contributed by atoms with van der Waals surface area (Å²) in [5.41, 5.74) is 6.69. The second-order valence-corrected chi connectivity index (χ2v) is 4.52. The summed E-state index contributed by atoms with van der Waals surface area (Å²) in [5, 5.41) is 0. The SMILES string of the molecule is COc1cc(N2C(=O)C(C)C(C)C2=O)ccc1N. The van der Waals surface area contributed by atoms with Gasteiger partial charge in [-0.25, -0.2) is 4.90 Å². The molecule has 0 bridgehead atoms. The van der Waals surface area contributed by atoms with Gasteiger partial charge < -0.3 is 10.5 Å². The number of nitrogens with zero attached hydrogens (tertiary/aromatic N) is 1. The van der Waals surface area contributed by atoms with Gasteiger partial charge in [-0.15, -0.1) is 0 Å². The van der Waals surface area contributed by atoms with Crippen molar-refractivity contribution in [2.75, 3.05) is 17.7 Å². The summed E-state index contributed by atoms with van der Waals surface area (Å²) in [6.07, 6.45) is 0. The number of nitrogens with two attached hydrogens (primary N) is 1. The first kappa shape index (κ1) is 12.4. The van der Waals surface area contributed by atoms with Gasteiger partial charge in [0.15, 0.2) is 0 Å². The Morgan fingerprint density at radius 2 is 1.72 bits per heavy atom. The fraction of sp³-hybridized carbons (Fsp3) is 0.385. The van der Waals surface area contributed by atoms with Crippen LogP contribution in [0.3, 0.4) is 0 Å². The topological polar surface area (TPSA) is 72.6 Å². The van der Waals surface area contributed by atoms with Crippen LogP contribution < -0.4 is 15.4 Å². The molecule has 1 aliphatic heterocycles. The Hall–Kier alpha value is -2.04. The molecule has 0 saturated carbocycles. The second-order valence-electron chi connectivity index (χ2n) is 4.52. The molecule has 5 heteroatoms. The van der Waals surface area contributed by atoms with Crippen molar-refractivity contribution in [3.05, 3.63) is 18.2 Å². The van der Waals surface area contributed by atoms with Crippen molar-refractivity contribution in [3.8, 4) is 5.75 Å². The zero-order valence-electron chi connectivity index (χ0n) is 10.6. The van der Waals surface area contributed by atoms with Crippen molar-refractivity contribution in [2.45, 2.75) is 13.8 Å². The number of imide groups is 1. The third-order valence-corrected chi connectivity index (χ3v) is 3.45. The molecule has 1 saturated heterocycles. The number of hydrogen-bond acceptors (Lipinski definition) is 4. The summed E-state index contributed by atoms with van der Waals surface area (Å²) < 4.78 is 5.10. The van der Waals surface area contributed by atoms with Crippen molar-refractivity contribution >= 4 is 23.2 Å². The van der Waals surface area contributed by atoms with E-state index in [-0.39, 0.29) is 23.7 Å². The fourth-order valence-electron chi connectivity index (χ4n) is 2.04. The zero-order chi connectivity index (χ0) is 13.4. The molecule has 0 aromatic heterocycles. The highest BCUT2D eigenvalue weighted by Gasteiger charge is 2.43. The lowest BCUT2D eigenvalue weighted by Crippen LogP contribution is -2.30. The number of hydrogen-bond donors (Lipinski definition) is 1. The fourth-order valence-corrected chi connectivity index (χ4v) is 2.04. The van der Waals surface area contributed by atoms with E-state index < -0.39 is 0 Å². The van der Waals surface area contributed by atoms with Crippen molar-refractivity contribution < 1.29 is 14.3 Å². The largest absolute Gasteiger partial charge is 0.495 e. The van der Waals surface area contributed by atoms with Gasteiger partial charge in [0.05, 0.1) is 18.5 Å². The maximum Gasteiger partial charge on any atom is 0.237 e. The Labute approximate surface area is 106 Å². The minimum absolute atomic E-state index is 0.181. The predicted molar refractivity (Wildman–Crippen MR) is 68.2 cm³/mol.